The van der Waals surface area contributed by atoms with E-state index < -0.39 is 0 Å². The molecule has 0 spiro atoms. The molecule has 1 amide bonds. The SMILES string of the molecule is Cc1cc(O)cc(O)c1C=NNC(=O)Cc1cccc2ccccc12. The summed E-state index contributed by atoms with van der Waals surface area (Å²) in [4.78, 5) is 12.1. The fraction of sp³-hybridized carbons (Fsp3) is 0.100. The quantitative estimate of drug-likeness (QED) is 0.506. The average molecular weight is 334 g/mol. The molecule has 0 heterocycles. The Labute approximate surface area is 145 Å². The molecule has 3 aromatic carbocycles. The molecule has 0 saturated heterocycles. The number of fused-ring (bicyclic) bond motifs is 1. The first-order chi connectivity index (χ1) is 12.0. The van der Waals surface area contributed by atoms with Gasteiger partial charge in [0.25, 0.3) is 0 Å². The minimum absolute atomic E-state index is 0.0212. The normalized spacial score (nSPS) is 11.1. The van der Waals surface area contributed by atoms with Crippen LogP contribution in [0, 0.1) is 6.92 Å². The van der Waals surface area contributed by atoms with Crippen LogP contribution < -0.4 is 5.43 Å². The van der Waals surface area contributed by atoms with Crippen molar-refractivity contribution in [2.45, 2.75) is 13.3 Å². The van der Waals surface area contributed by atoms with Gasteiger partial charge < -0.3 is 10.2 Å². The van der Waals surface area contributed by atoms with Crippen LogP contribution in [-0.2, 0) is 11.2 Å². The Kier molecular flexibility index (Phi) is 4.66. The van der Waals surface area contributed by atoms with Crippen LogP contribution in [0.15, 0.2) is 59.7 Å². The van der Waals surface area contributed by atoms with Crippen molar-refractivity contribution in [3.63, 3.8) is 0 Å². The number of benzene rings is 3. The average Bonchev–Trinajstić information content (AvgIpc) is 2.57. The highest BCUT2D eigenvalue weighted by Gasteiger charge is 2.07. The molecule has 0 aromatic heterocycles. The van der Waals surface area contributed by atoms with E-state index in [1.807, 2.05) is 42.5 Å². The van der Waals surface area contributed by atoms with Gasteiger partial charge in [-0.15, -0.1) is 0 Å². The minimum Gasteiger partial charge on any atom is -0.508 e. The van der Waals surface area contributed by atoms with Crippen LogP contribution in [0.1, 0.15) is 16.7 Å². The van der Waals surface area contributed by atoms with Gasteiger partial charge in [0.1, 0.15) is 11.5 Å². The third kappa shape index (κ3) is 3.77. The second-order valence-electron chi connectivity index (χ2n) is 5.80. The van der Waals surface area contributed by atoms with Crippen LogP contribution in [0.25, 0.3) is 10.8 Å². The van der Waals surface area contributed by atoms with Crippen molar-refractivity contribution in [3.05, 3.63) is 71.3 Å². The van der Waals surface area contributed by atoms with E-state index in [9.17, 15) is 15.0 Å². The number of phenolic OH excluding ortho intramolecular Hbond substituents is 2. The summed E-state index contributed by atoms with van der Waals surface area (Å²) >= 11 is 0. The predicted octanol–water partition coefficient (Wildman–Crippen LogP) is 3.25. The van der Waals surface area contributed by atoms with Gasteiger partial charge in [0.05, 0.1) is 12.6 Å². The Morgan fingerprint density at radius 2 is 1.88 bits per heavy atom. The molecule has 0 fully saturated rings. The number of hydrazone groups is 1. The molecule has 0 atom stereocenters. The molecular weight excluding hydrogens is 316 g/mol. The van der Waals surface area contributed by atoms with Gasteiger partial charge in [-0.3, -0.25) is 4.79 Å². The lowest BCUT2D eigenvalue weighted by Crippen LogP contribution is -2.20. The van der Waals surface area contributed by atoms with E-state index >= 15 is 0 Å². The Balaban J connectivity index is 1.71. The second-order valence-corrected chi connectivity index (χ2v) is 5.80. The monoisotopic (exact) mass is 334 g/mol. The Bertz CT molecular complexity index is 936. The first-order valence-electron chi connectivity index (χ1n) is 7.85. The van der Waals surface area contributed by atoms with Crippen molar-refractivity contribution >= 4 is 22.9 Å². The fourth-order valence-corrected chi connectivity index (χ4v) is 2.76. The lowest BCUT2D eigenvalue weighted by molar-refractivity contribution is -0.120. The number of carbonyl (C=O) groups excluding carboxylic acids is 1. The molecule has 0 aliphatic carbocycles. The van der Waals surface area contributed by atoms with Gasteiger partial charge in [-0.2, -0.15) is 5.10 Å². The van der Waals surface area contributed by atoms with E-state index in [1.165, 1.54) is 18.3 Å². The lowest BCUT2D eigenvalue weighted by atomic mass is 10.0. The van der Waals surface area contributed by atoms with Crippen molar-refractivity contribution in [1.82, 2.24) is 5.43 Å². The molecular formula is C20H18N2O3. The van der Waals surface area contributed by atoms with Gasteiger partial charge in [0.15, 0.2) is 0 Å². The van der Waals surface area contributed by atoms with Crippen LogP contribution in [0.2, 0.25) is 0 Å². The Morgan fingerprint density at radius 1 is 1.12 bits per heavy atom. The summed E-state index contributed by atoms with van der Waals surface area (Å²) in [5.74, 6) is -0.361. The summed E-state index contributed by atoms with van der Waals surface area (Å²) in [6.45, 7) is 1.73. The van der Waals surface area contributed by atoms with Crippen LogP contribution in [0.5, 0.6) is 11.5 Å². The Morgan fingerprint density at radius 3 is 2.68 bits per heavy atom. The number of nitrogens with one attached hydrogen (secondary N) is 1. The molecule has 0 bridgehead atoms. The highest BCUT2D eigenvalue weighted by atomic mass is 16.3. The highest BCUT2D eigenvalue weighted by molar-refractivity contribution is 5.91. The number of hydrogen-bond donors (Lipinski definition) is 3. The Hall–Kier alpha value is -3.34. The van der Waals surface area contributed by atoms with Gasteiger partial charge in [-0.25, -0.2) is 5.43 Å². The summed E-state index contributed by atoms with van der Waals surface area (Å²) in [6.07, 6.45) is 1.57. The van der Waals surface area contributed by atoms with Crippen molar-refractivity contribution in [2.24, 2.45) is 5.10 Å². The fourth-order valence-electron chi connectivity index (χ4n) is 2.76. The number of aryl methyl sites for hydroxylation is 1. The molecule has 3 rings (SSSR count). The number of phenols is 2. The van der Waals surface area contributed by atoms with E-state index in [0.717, 1.165) is 16.3 Å². The zero-order valence-electron chi connectivity index (χ0n) is 13.7. The number of amides is 1. The lowest BCUT2D eigenvalue weighted by Gasteiger charge is -2.06. The molecule has 0 aliphatic heterocycles. The summed E-state index contributed by atoms with van der Waals surface area (Å²) in [7, 11) is 0. The molecule has 3 aromatic rings. The van der Waals surface area contributed by atoms with Gasteiger partial charge in [-0.1, -0.05) is 42.5 Å². The van der Waals surface area contributed by atoms with E-state index in [4.69, 9.17) is 0 Å². The third-order valence-electron chi connectivity index (χ3n) is 3.96. The summed E-state index contributed by atoms with van der Waals surface area (Å²) in [5, 5.41) is 25.3. The van der Waals surface area contributed by atoms with Crippen LogP contribution in [-0.4, -0.2) is 22.3 Å². The number of nitrogens with zero attached hydrogens (tertiary/aromatic N) is 1. The first-order valence-corrected chi connectivity index (χ1v) is 7.85. The smallest absolute Gasteiger partial charge is 0.244 e. The van der Waals surface area contributed by atoms with Gasteiger partial charge >= 0.3 is 0 Å². The van der Waals surface area contributed by atoms with Crippen LogP contribution in [0.3, 0.4) is 0 Å². The molecule has 5 nitrogen and oxygen atoms in total. The highest BCUT2D eigenvalue weighted by Crippen LogP contribution is 2.25. The third-order valence-corrected chi connectivity index (χ3v) is 3.96. The maximum Gasteiger partial charge on any atom is 0.244 e. The first kappa shape index (κ1) is 16.5. The van der Waals surface area contributed by atoms with Gasteiger partial charge in [0, 0.05) is 11.6 Å². The molecule has 25 heavy (non-hydrogen) atoms. The van der Waals surface area contributed by atoms with Crippen molar-refractivity contribution < 1.29 is 15.0 Å². The van der Waals surface area contributed by atoms with Crippen molar-refractivity contribution in [3.8, 4) is 11.5 Å². The molecule has 3 N–H and O–H groups in total. The standard InChI is InChI=1S/C20H18N2O3/c1-13-9-16(23)11-19(24)18(13)12-21-22-20(25)10-15-7-4-6-14-5-2-3-8-17(14)15/h2-9,11-12,23-24H,10H2,1H3,(H,22,25). The largest absolute Gasteiger partial charge is 0.508 e. The molecule has 0 aliphatic rings. The topological polar surface area (TPSA) is 81.9 Å². The molecule has 0 unspecified atom stereocenters. The second kappa shape index (κ2) is 7.05. The zero-order valence-corrected chi connectivity index (χ0v) is 13.7. The number of aromatic hydroxyl groups is 2. The summed E-state index contributed by atoms with van der Waals surface area (Å²) in [6, 6.07) is 16.5. The van der Waals surface area contributed by atoms with Crippen molar-refractivity contribution in [1.29, 1.82) is 0 Å². The summed E-state index contributed by atoms with van der Waals surface area (Å²) < 4.78 is 0. The van der Waals surface area contributed by atoms with Crippen LogP contribution in [0.4, 0.5) is 0 Å². The van der Waals surface area contributed by atoms with E-state index in [1.54, 1.807) is 6.92 Å². The van der Waals surface area contributed by atoms with Crippen molar-refractivity contribution in [2.75, 3.05) is 0 Å². The maximum absolute atomic E-state index is 12.1. The van der Waals surface area contributed by atoms with E-state index in [2.05, 4.69) is 10.5 Å². The van der Waals surface area contributed by atoms with E-state index in [0.29, 0.717) is 11.1 Å². The zero-order chi connectivity index (χ0) is 17.8. The number of rotatable bonds is 4. The minimum atomic E-state index is -0.247. The molecule has 5 heteroatoms. The molecule has 0 radical (unpaired) electrons. The molecule has 0 saturated carbocycles. The predicted molar refractivity (Wildman–Crippen MR) is 97.9 cm³/mol. The van der Waals surface area contributed by atoms with Crippen LogP contribution >= 0.6 is 0 Å². The summed E-state index contributed by atoms with van der Waals surface area (Å²) in [5.41, 5.74) is 4.50. The number of carbonyl (C=O) groups is 1. The number of hydrogen-bond acceptors (Lipinski definition) is 4. The maximum atomic E-state index is 12.1. The van der Waals surface area contributed by atoms with Gasteiger partial charge in [0.2, 0.25) is 5.91 Å². The molecule has 126 valence electrons. The van der Waals surface area contributed by atoms with E-state index in [-0.39, 0.29) is 23.8 Å². The van der Waals surface area contributed by atoms with Gasteiger partial charge in [-0.05, 0) is 34.9 Å².